The normalized spacial score (nSPS) is 24.8. The van der Waals surface area contributed by atoms with E-state index in [0.717, 1.165) is 29.0 Å². The fourth-order valence-corrected chi connectivity index (χ4v) is 2.81. The molecule has 2 heteroatoms. The average molecular weight is 263 g/mol. The Kier molecular flexibility index (Phi) is 3.63. The standard InChI is InChI=1S/C16H19ClO/c1-4-12-10-16(2,3)15(18)14(12)9-11-5-7-13(17)8-6-11/h5-9,12H,4,10H2,1-3H3/b14-9+. The lowest BCUT2D eigenvalue weighted by molar-refractivity contribution is -0.121. The molecule has 0 radical (unpaired) electrons. The topological polar surface area (TPSA) is 17.1 Å². The van der Waals surface area contributed by atoms with Crippen LogP contribution in [-0.4, -0.2) is 5.78 Å². The third-order valence-electron chi connectivity index (χ3n) is 3.76. The summed E-state index contributed by atoms with van der Waals surface area (Å²) in [7, 11) is 0. The Balaban J connectivity index is 2.36. The van der Waals surface area contributed by atoms with Crippen molar-refractivity contribution >= 4 is 23.5 Å². The van der Waals surface area contributed by atoms with E-state index in [-0.39, 0.29) is 5.41 Å². The Morgan fingerprint density at radius 3 is 2.50 bits per heavy atom. The molecule has 1 aromatic rings. The van der Waals surface area contributed by atoms with Gasteiger partial charge in [0.05, 0.1) is 0 Å². The zero-order valence-electron chi connectivity index (χ0n) is 11.2. The number of carbonyl (C=O) groups is 1. The Morgan fingerprint density at radius 1 is 1.33 bits per heavy atom. The van der Waals surface area contributed by atoms with Crippen LogP contribution in [-0.2, 0) is 4.79 Å². The Hall–Kier alpha value is -1.08. The Morgan fingerprint density at radius 2 is 1.94 bits per heavy atom. The van der Waals surface area contributed by atoms with E-state index in [0.29, 0.717) is 11.7 Å². The second kappa shape index (κ2) is 4.89. The van der Waals surface area contributed by atoms with Crippen molar-refractivity contribution < 1.29 is 4.79 Å². The molecule has 1 aromatic carbocycles. The van der Waals surface area contributed by atoms with E-state index in [1.807, 2.05) is 44.2 Å². The summed E-state index contributed by atoms with van der Waals surface area (Å²) < 4.78 is 0. The molecule has 1 unspecified atom stereocenters. The zero-order valence-corrected chi connectivity index (χ0v) is 11.9. The van der Waals surface area contributed by atoms with E-state index in [9.17, 15) is 4.79 Å². The minimum Gasteiger partial charge on any atom is -0.294 e. The summed E-state index contributed by atoms with van der Waals surface area (Å²) in [6, 6.07) is 7.64. The molecule has 1 fully saturated rings. The van der Waals surface area contributed by atoms with Gasteiger partial charge in [-0.25, -0.2) is 0 Å². The van der Waals surface area contributed by atoms with Gasteiger partial charge in [0.15, 0.2) is 5.78 Å². The van der Waals surface area contributed by atoms with E-state index in [1.54, 1.807) is 0 Å². The lowest BCUT2D eigenvalue weighted by Gasteiger charge is -2.13. The molecule has 2 rings (SSSR count). The molecule has 18 heavy (non-hydrogen) atoms. The number of hydrogen-bond acceptors (Lipinski definition) is 1. The maximum Gasteiger partial charge on any atom is 0.164 e. The number of allylic oxidation sites excluding steroid dienone is 1. The van der Waals surface area contributed by atoms with Crippen LogP contribution in [0.2, 0.25) is 5.02 Å². The molecule has 1 aliphatic carbocycles. The Labute approximate surface area is 114 Å². The first-order chi connectivity index (χ1) is 8.44. The third kappa shape index (κ3) is 2.51. The first-order valence-corrected chi connectivity index (χ1v) is 6.84. The van der Waals surface area contributed by atoms with Gasteiger partial charge in [-0.05, 0) is 48.1 Å². The average Bonchev–Trinajstić information content (AvgIpc) is 2.55. The maximum absolute atomic E-state index is 12.4. The van der Waals surface area contributed by atoms with Gasteiger partial charge in [-0.2, -0.15) is 0 Å². The van der Waals surface area contributed by atoms with Crippen molar-refractivity contribution in [2.75, 3.05) is 0 Å². The van der Waals surface area contributed by atoms with E-state index in [4.69, 9.17) is 11.6 Å². The predicted octanol–water partition coefficient (Wildman–Crippen LogP) is 4.75. The number of rotatable bonds is 2. The van der Waals surface area contributed by atoms with Crippen molar-refractivity contribution in [2.45, 2.75) is 33.6 Å². The second-order valence-corrected chi connectivity index (χ2v) is 6.11. The number of ketones is 1. The molecule has 0 spiro atoms. The van der Waals surface area contributed by atoms with E-state index in [1.165, 1.54) is 0 Å². The minimum atomic E-state index is -0.209. The summed E-state index contributed by atoms with van der Waals surface area (Å²) in [4.78, 5) is 12.4. The van der Waals surface area contributed by atoms with E-state index < -0.39 is 0 Å². The number of hydrogen-bond donors (Lipinski definition) is 0. The van der Waals surface area contributed by atoms with Gasteiger partial charge in [0.2, 0.25) is 0 Å². The summed E-state index contributed by atoms with van der Waals surface area (Å²) in [6.07, 6.45) is 4.01. The lowest BCUT2D eigenvalue weighted by atomic mass is 9.89. The molecular formula is C16H19ClO. The highest BCUT2D eigenvalue weighted by atomic mass is 35.5. The second-order valence-electron chi connectivity index (χ2n) is 5.67. The molecule has 0 heterocycles. The third-order valence-corrected chi connectivity index (χ3v) is 4.01. The van der Waals surface area contributed by atoms with Gasteiger partial charge in [0.25, 0.3) is 0 Å². The van der Waals surface area contributed by atoms with Crippen LogP contribution < -0.4 is 0 Å². The lowest BCUT2D eigenvalue weighted by Crippen LogP contribution is -2.17. The number of carbonyl (C=O) groups excluding carboxylic acids is 1. The molecule has 1 aliphatic rings. The Bertz CT molecular complexity index is 482. The predicted molar refractivity (Wildman–Crippen MR) is 76.6 cm³/mol. The van der Waals surface area contributed by atoms with Crippen LogP contribution in [0.3, 0.4) is 0 Å². The summed E-state index contributed by atoms with van der Waals surface area (Å²) in [5, 5.41) is 0.724. The fourth-order valence-electron chi connectivity index (χ4n) is 2.68. The number of benzene rings is 1. The van der Waals surface area contributed by atoms with Crippen molar-refractivity contribution in [3.63, 3.8) is 0 Å². The van der Waals surface area contributed by atoms with Gasteiger partial charge in [0, 0.05) is 10.4 Å². The number of halogens is 1. The highest BCUT2D eigenvalue weighted by molar-refractivity contribution is 6.30. The van der Waals surface area contributed by atoms with Gasteiger partial charge < -0.3 is 0 Å². The smallest absolute Gasteiger partial charge is 0.164 e. The SMILES string of the molecule is CCC1CC(C)(C)C(=O)/C1=C/c1ccc(Cl)cc1. The molecule has 96 valence electrons. The zero-order chi connectivity index (χ0) is 13.3. The summed E-state index contributed by atoms with van der Waals surface area (Å²) in [5.74, 6) is 0.687. The fraction of sp³-hybridized carbons (Fsp3) is 0.438. The van der Waals surface area contributed by atoms with Crippen LogP contribution in [0.15, 0.2) is 29.8 Å². The van der Waals surface area contributed by atoms with Crippen molar-refractivity contribution in [1.82, 2.24) is 0 Å². The highest BCUT2D eigenvalue weighted by Crippen LogP contribution is 2.43. The molecular weight excluding hydrogens is 244 g/mol. The molecule has 1 atom stereocenters. The van der Waals surface area contributed by atoms with Crippen molar-refractivity contribution in [2.24, 2.45) is 11.3 Å². The van der Waals surface area contributed by atoms with E-state index >= 15 is 0 Å². The first-order valence-electron chi connectivity index (χ1n) is 6.46. The maximum atomic E-state index is 12.4. The molecule has 0 aliphatic heterocycles. The van der Waals surface area contributed by atoms with E-state index in [2.05, 4.69) is 6.92 Å². The molecule has 0 N–H and O–H groups in total. The first kappa shape index (κ1) is 13.4. The molecule has 0 saturated heterocycles. The summed E-state index contributed by atoms with van der Waals surface area (Å²) in [5.41, 5.74) is 1.82. The molecule has 0 amide bonds. The molecule has 0 bridgehead atoms. The van der Waals surface area contributed by atoms with Gasteiger partial charge in [-0.1, -0.05) is 44.5 Å². The molecule has 1 nitrogen and oxygen atoms in total. The monoisotopic (exact) mass is 262 g/mol. The largest absolute Gasteiger partial charge is 0.294 e. The van der Waals surface area contributed by atoms with Crippen LogP contribution in [0.5, 0.6) is 0 Å². The van der Waals surface area contributed by atoms with Crippen molar-refractivity contribution in [3.05, 3.63) is 40.4 Å². The van der Waals surface area contributed by atoms with Gasteiger partial charge >= 0.3 is 0 Å². The van der Waals surface area contributed by atoms with Crippen LogP contribution in [0.1, 0.15) is 39.2 Å². The van der Waals surface area contributed by atoms with Gasteiger partial charge in [-0.3, -0.25) is 4.79 Å². The quantitative estimate of drug-likeness (QED) is 0.703. The minimum absolute atomic E-state index is 0.209. The summed E-state index contributed by atoms with van der Waals surface area (Å²) >= 11 is 5.87. The van der Waals surface area contributed by atoms with Crippen molar-refractivity contribution in [1.29, 1.82) is 0 Å². The highest BCUT2D eigenvalue weighted by Gasteiger charge is 2.42. The van der Waals surface area contributed by atoms with Crippen molar-refractivity contribution in [3.8, 4) is 0 Å². The van der Waals surface area contributed by atoms with Gasteiger partial charge in [0.1, 0.15) is 0 Å². The van der Waals surface area contributed by atoms with Crippen LogP contribution >= 0.6 is 11.6 Å². The van der Waals surface area contributed by atoms with Crippen LogP contribution in [0.25, 0.3) is 6.08 Å². The molecule has 1 saturated carbocycles. The summed E-state index contributed by atoms with van der Waals surface area (Å²) in [6.45, 7) is 6.23. The van der Waals surface area contributed by atoms with Gasteiger partial charge in [-0.15, -0.1) is 0 Å². The molecule has 0 aromatic heterocycles. The van der Waals surface area contributed by atoms with Crippen LogP contribution in [0, 0.1) is 11.3 Å². The van der Waals surface area contributed by atoms with Crippen LogP contribution in [0.4, 0.5) is 0 Å². The number of Topliss-reactive ketones (excluding diaryl/α,β-unsaturated/α-hetero) is 1.